The Morgan fingerprint density at radius 1 is 1.44 bits per heavy atom. The van der Waals surface area contributed by atoms with Gasteiger partial charge in [0.25, 0.3) is 0 Å². The molecule has 1 aromatic rings. The fourth-order valence-electron chi connectivity index (χ4n) is 2.16. The van der Waals surface area contributed by atoms with Crippen molar-refractivity contribution in [3.63, 3.8) is 0 Å². The number of hydrogen-bond acceptors (Lipinski definition) is 3. The van der Waals surface area contributed by atoms with Gasteiger partial charge in [-0.2, -0.15) is 11.8 Å². The van der Waals surface area contributed by atoms with Crippen molar-refractivity contribution in [1.82, 2.24) is 0 Å². The van der Waals surface area contributed by atoms with Crippen LogP contribution in [0.2, 0.25) is 0 Å². The first kappa shape index (κ1) is 13.5. The maximum Gasteiger partial charge on any atom is 0.120 e. The third kappa shape index (κ3) is 3.77. The van der Waals surface area contributed by atoms with Gasteiger partial charge in [-0.1, -0.05) is 19.1 Å². The highest BCUT2D eigenvalue weighted by molar-refractivity contribution is 7.99. The minimum Gasteiger partial charge on any atom is -0.490 e. The second kappa shape index (κ2) is 6.83. The first-order valence-corrected chi connectivity index (χ1v) is 7.73. The highest BCUT2D eigenvalue weighted by atomic mass is 32.2. The first-order chi connectivity index (χ1) is 8.79. The molecule has 0 radical (unpaired) electrons. The Morgan fingerprint density at radius 3 is 2.94 bits per heavy atom. The van der Waals surface area contributed by atoms with E-state index in [1.165, 1.54) is 17.1 Å². The maximum atomic E-state index is 10.6. The van der Waals surface area contributed by atoms with Crippen molar-refractivity contribution in [3.8, 4) is 5.75 Å². The van der Waals surface area contributed by atoms with E-state index >= 15 is 0 Å². The van der Waals surface area contributed by atoms with Crippen LogP contribution in [0.4, 0.5) is 0 Å². The van der Waals surface area contributed by atoms with Crippen LogP contribution < -0.4 is 4.74 Å². The summed E-state index contributed by atoms with van der Waals surface area (Å²) in [5, 5.41) is 0. The first-order valence-electron chi connectivity index (χ1n) is 6.57. The van der Waals surface area contributed by atoms with Gasteiger partial charge in [-0.25, -0.2) is 0 Å². The monoisotopic (exact) mass is 264 g/mol. The van der Waals surface area contributed by atoms with E-state index in [0.717, 1.165) is 24.9 Å². The molecule has 0 amide bonds. The molecule has 1 saturated heterocycles. The number of carbonyl (C=O) groups is 1. The Bertz CT molecular complexity index is 386. The molecule has 1 aliphatic heterocycles. The molecule has 3 heteroatoms. The summed E-state index contributed by atoms with van der Waals surface area (Å²) in [6.45, 7) is 2.07. The van der Waals surface area contributed by atoms with Crippen LogP contribution in [0, 0.1) is 0 Å². The number of ether oxygens (including phenoxy) is 1. The Labute approximate surface area is 113 Å². The van der Waals surface area contributed by atoms with Crippen LogP contribution >= 0.6 is 11.8 Å². The number of thioether (sulfide) groups is 1. The van der Waals surface area contributed by atoms with Crippen molar-refractivity contribution in [2.45, 2.75) is 38.2 Å². The normalized spacial score (nSPS) is 18.3. The van der Waals surface area contributed by atoms with Crippen LogP contribution in [0.1, 0.15) is 37.7 Å². The van der Waals surface area contributed by atoms with Gasteiger partial charge in [-0.15, -0.1) is 0 Å². The van der Waals surface area contributed by atoms with Crippen LogP contribution in [0.3, 0.4) is 0 Å². The molecular weight excluding hydrogens is 244 g/mol. The Hall–Kier alpha value is -0.960. The van der Waals surface area contributed by atoms with E-state index in [0.29, 0.717) is 12.5 Å². The fourth-order valence-corrected chi connectivity index (χ4v) is 3.22. The molecule has 98 valence electrons. The van der Waals surface area contributed by atoms with Crippen LogP contribution in [-0.2, 0) is 4.79 Å². The van der Waals surface area contributed by atoms with E-state index in [-0.39, 0.29) is 5.92 Å². The van der Waals surface area contributed by atoms with Gasteiger partial charge >= 0.3 is 0 Å². The minimum absolute atomic E-state index is 0.271. The van der Waals surface area contributed by atoms with Gasteiger partial charge in [0.15, 0.2) is 0 Å². The third-order valence-corrected chi connectivity index (χ3v) is 4.40. The second-order valence-electron chi connectivity index (χ2n) is 4.81. The average molecular weight is 264 g/mol. The molecular formula is C15H20O2S. The number of rotatable bonds is 5. The summed E-state index contributed by atoms with van der Waals surface area (Å²) in [6, 6.07) is 8.18. The van der Waals surface area contributed by atoms with Crippen molar-refractivity contribution >= 4 is 18.0 Å². The van der Waals surface area contributed by atoms with Gasteiger partial charge in [0.2, 0.25) is 0 Å². The van der Waals surface area contributed by atoms with Gasteiger partial charge in [-0.05, 0) is 48.0 Å². The van der Waals surface area contributed by atoms with E-state index in [2.05, 4.69) is 19.1 Å². The molecule has 1 fully saturated rings. The molecule has 1 aliphatic rings. The molecule has 0 bridgehead atoms. The predicted octanol–water partition coefficient (Wildman–Crippen LogP) is 3.65. The number of carbonyl (C=O) groups excluding carboxylic acids is 1. The van der Waals surface area contributed by atoms with Gasteiger partial charge in [0, 0.05) is 6.42 Å². The lowest BCUT2D eigenvalue weighted by Gasteiger charge is -2.23. The van der Waals surface area contributed by atoms with Gasteiger partial charge in [0.1, 0.15) is 18.1 Å². The van der Waals surface area contributed by atoms with E-state index < -0.39 is 0 Å². The summed E-state index contributed by atoms with van der Waals surface area (Å²) in [5.41, 5.74) is 1.18. The number of hydrogen-bond donors (Lipinski definition) is 0. The fraction of sp³-hybridized carbons (Fsp3) is 0.533. The SMILES string of the molecule is CC(CC=O)c1cccc(OC2CCSCC2)c1. The third-order valence-electron chi connectivity index (χ3n) is 3.35. The summed E-state index contributed by atoms with van der Waals surface area (Å²) in [7, 11) is 0. The molecule has 0 aliphatic carbocycles. The predicted molar refractivity (Wildman–Crippen MR) is 76.5 cm³/mol. The topological polar surface area (TPSA) is 26.3 Å². The summed E-state index contributed by atoms with van der Waals surface area (Å²) in [4.78, 5) is 10.6. The van der Waals surface area contributed by atoms with Gasteiger partial charge in [0.05, 0.1) is 0 Å². The molecule has 1 atom stereocenters. The zero-order chi connectivity index (χ0) is 12.8. The highest BCUT2D eigenvalue weighted by Gasteiger charge is 2.15. The lowest BCUT2D eigenvalue weighted by Crippen LogP contribution is -2.22. The highest BCUT2D eigenvalue weighted by Crippen LogP contribution is 2.26. The van der Waals surface area contributed by atoms with Gasteiger partial charge < -0.3 is 9.53 Å². The van der Waals surface area contributed by atoms with Gasteiger partial charge in [-0.3, -0.25) is 0 Å². The maximum absolute atomic E-state index is 10.6. The second-order valence-corrected chi connectivity index (χ2v) is 6.03. The molecule has 0 aromatic heterocycles. The molecule has 1 aromatic carbocycles. The summed E-state index contributed by atoms with van der Waals surface area (Å²) >= 11 is 2.01. The smallest absolute Gasteiger partial charge is 0.120 e. The number of aldehydes is 1. The molecule has 18 heavy (non-hydrogen) atoms. The van der Waals surface area contributed by atoms with E-state index in [4.69, 9.17) is 4.74 Å². The largest absolute Gasteiger partial charge is 0.490 e. The summed E-state index contributed by atoms with van der Waals surface area (Å²) < 4.78 is 6.02. The van der Waals surface area contributed by atoms with Crippen molar-refractivity contribution in [3.05, 3.63) is 29.8 Å². The van der Waals surface area contributed by atoms with Crippen molar-refractivity contribution in [2.24, 2.45) is 0 Å². The summed E-state index contributed by atoms with van der Waals surface area (Å²) in [6.07, 6.45) is 4.19. The van der Waals surface area contributed by atoms with Crippen LogP contribution in [-0.4, -0.2) is 23.9 Å². The van der Waals surface area contributed by atoms with E-state index in [1.54, 1.807) is 0 Å². The molecule has 0 saturated carbocycles. The lowest BCUT2D eigenvalue weighted by molar-refractivity contribution is -0.108. The number of benzene rings is 1. The van der Waals surface area contributed by atoms with E-state index in [9.17, 15) is 4.79 Å². The summed E-state index contributed by atoms with van der Waals surface area (Å²) in [5.74, 6) is 3.62. The standard InChI is InChI=1S/C15H20O2S/c1-12(5-8-16)13-3-2-4-15(11-13)17-14-6-9-18-10-7-14/h2-4,8,11-12,14H,5-7,9-10H2,1H3. The average Bonchev–Trinajstić information content (AvgIpc) is 2.40. The van der Waals surface area contributed by atoms with Crippen molar-refractivity contribution in [2.75, 3.05) is 11.5 Å². The quantitative estimate of drug-likeness (QED) is 0.759. The van der Waals surface area contributed by atoms with Crippen LogP contribution in [0.15, 0.2) is 24.3 Å². The van der Waals surface area contributed by atoms with E-state index in [1.807, 2.05) is 23.9 Å². The lowest BCUT2D eigenvalue weighted by atomic mass is 9.98. The van der Waals surface area contributed by atoms with Crippen LogP contribution in [0.25, 0.3) is 0 Å². The zero-order valence-electron chi connectivity index (χ0n) is 10.8. The van der Waals surface area contributed by atoms with Crippen LogP contribution in [0.5, 0.6) is 5.75 Å². The zero-order valence-corrected chi connectivity index (χ0v) is 11.6. The molecule has 1 unspecified atom stereocenters. The molecule has 2 nitrogen and oxygen atoms in total. The minimum atomic E-state index is 0.271. The molecule has 1 heterocycles. The van der Waals surface area contributed by atoms with Crippen molar-refractivity contribution < 1.29 is 9.53 Å². The Morgan fingerprint density at radius 2 is 2.22 bits per heavy atom. The Balaban J connectivity index is 1.99. The molecule has 2 rings (SSSR count). The van der Waals surface area contributed by atoms with Crippen molar-refractivity contribution in [1.29, 1.82) is 0 Å². The molecule has 0 N–H and O–H groups in total. The molecule has 0 spiro atoms. The Kier molecular flexibility index (Phi) is 5.12.